The molecule has 0 saturated carbocycles. The van der Waals surface area contributed by atoms with E-state index in [1.165, 1.54) is 12.1 Å². The minimum absolute atomic E-state index is 0.0632. The first-order valence-electron chi connectivity index (χ1n) is 6.62. The summed E-state index contributed by atoms with van der Waals surface area (Å²) in [5, 5.41) is 20.0. The number of ether oxygens (including phenoxy) is 1. The largest absolute Gasteiger partial charge is 0.481 e. The lowest BCUT2D eigenvalue weighted by molar-refractivity contribution is -0.384. The second kappa shape index (κ2) is 7.37. The van der Waals surface area contributed by atoms with Crippen molar-refractivity contribution >= 4 is 17.6 Å². The van der Waals surface area contributed by atoms with E-state index in [0.29, 0.717) is 6.42 Å². The van der Waals surface area contributed by atoms with Gasteiger partial charge < -0.3 is 9.84 Å². The van der Waals surface area contributed by atoms with E-state index in [-0.39, 0.29) is 29.8 Å². The molecule has 7 heteroatoms. The number of carbonyl (C=O) groups is 2. The van der Waals surface area contributed by atoms with Crippen LogP contribution < -0.4 is 4.74 Å². The predicted octanol–water partition coefficient (Wildman–Crippen LogP) is 2.88. The number of non-ortho nitro benzene ring substituents is 1. The van der Waals surface area contributed by atoms with Gasteiger partial charge in [-0.25, -0.2) is 0 Å². The third kappa shape index (κ3) is 4.27. The van der Waals surface area contributed by atoms with Crippen LogP contribution in [-0.4, -0.2) is 22.0 Å². The number of esters is 1. The molecule has 1 N–H and O–H groups in total. The zero-order chi connectivity index (χ0) is 16.0. The molecule has 21 heavy (non-hydrogen) atoms. The van der Waals surface area contributed by atoms with Crippen molar-refractivity contribution in [3.05, 3.63) is 33.9 Å². The third-order valence-electron chi connectivity index (χ3n) is 2.96. The molecule has 1 aromatic rings. The van der Waals surface area contributed by atoms with Crippen LogP contribution in [0.1, 0.15) is 44.6 Å². The number of nitro groups is 1. The van der Waals surface area contributed by atoms with Crippen molar-refractivity contribution in [2.75, 3.05) is 0 Å². The van der Waals surface area contributed by atoms with E-state index >= 15 is 0 Å². The summed E-state index contributed by atoms with van der Waals surface area (Å²) in [6.45, 7) is 3.46. The summed E-state index contributed by atoms with van der Waals surface area (Å²) >= 11 is 0. The lowest BCUT2D eigenvalue weighted by Crippen LogP contribution is -2.15. The van der Waals surface area contributed by atoms with E-state index in [4.69, 9.17) is 4.74 Å². The van der Waals surface area contributed by atoms with Gasteiger partial charge in [-0.2, -0.15) is 0 Å². The smallest absolute Gasteiger partial charge is 0.311 e. The van der Waals surface area contributed by atoms with Crippen LogP contribution in [0, 0.1) is 10.1 Å². The van der Waals surface area contributed by atoms with Crippen LogP contribution in [0.3, 0.4) is 0 Å². The van der Waals surface area contributed by atoms with Gasteiger partial charge in [-0.15, -0.1) is 0 Å². The Labute approximate surface area is 121 Å². The average molecular weight is 295 g/mol. The van der Waals surface area contributed by atoms with Gasteiger partial charge in [0, 0.05) is 24.1 Å². The van der Waals surface area contributed by atoms with Crippen molar-refractivity contribution in [1.29, 1.82) is 0 Å². The highest BCUT2D eigenvalue weighted by atomic mass is 16.6. The van der Waals surface area contributed by atoms with E-state index in [1.54, 1.807) is 6.92 Å². The van der Waals surface area contributed by atoms with Gasteiger partial charge in [0.15, 0.2) is 0 Å². The van der Waals surface area contributed by atoms with Crippen molar-refractivity contribution in [2.24, 2.45) is 0 Å². The van der Waals surface area contributed by atoms with Crippen molar-refractivity contribution in [3.63, 3.8) is 0 Å². The molecule has 0 amide bonds. The first-order chi connectivity index (χ1) is 9.90. The van der Waals surface area contributed by atoms with Crippen LogP contribution in [0.4, 0.5) is 5.69 Å². The van der Waals surface area contributed by atoms with Gasteiger partial charge in [-0.1, -0.05) is 13.8 Å². The fraction of sp³-hybridized carbons (Fsp3) is 0.429. The maximum Gasteiger partial charge on any atom is 0.311 e. The Kier molecular flexibility index (Phi) is 5.83. The molecule has 1 rings (SSSR count). The lowest BCUT2D eigenvalue weighted by atomic mass is 9.95. The Morgan fingerprint density at radius 2 is 2.05 bits per heavy atom. The van der Waals surface area contributed by atoms with Crippen LogP contribution in [0.15, 0.2) is 18.2 Å². The van der Waals surface area contributed by atoms with Gasteiger partial charge in [-0.05, 0) is 18.9 Å². The molecule has 1 atom stereocenters. The minimum atomic E-state index is -1.12. The molecule has 0 aromatic heterocycles. The van der Waals surface area contributed by atoms with Gasteiger partial charge in [0.1, 0.15) is 5.75 Å². The fourth-order valence-electron chi connectivity index (χ4n) is 1.92. The first kappa shape index (κ1) is 16.6. The minimum Gasteiger partial charge on any atom is -0.481 e. The summed E-state index contributed by atoms with van der Waals surface area (Å²) in [5.74, 6) is -2.51. The average Bonchev–Trinajstić information content (AvgIpc) is 2.40. The molecule has 0 bridgehead atoms. The van der Waals surface area contributed by atoms with E-state index in [9.17, 15) is 24.8 Å². The highest BCUT2D eigenvalue weighted by Gasteiger charge is 2.25. The van der Waals surface area contributed by atoms with E-state index in [2.05, 4.69) is 0 Å². The van der Waals surface area contributed by atoms with Crippen LogP contribution in [0.2, 0.25) is 0 Å². The van der Waals surface area contributed by atoms with Crippen molar-refractivity contribution in [2.45, 2.75) is 39.0 Å². The normalized spacial score (nSPS) is 11.7. The summed E-state index contributed by atoms with van der Waals surface area (Å²) in [6.07, 6.45) is 1.02. The number of hydrogen-bond acceptors (Lipinski definition) is 5. The van der Waals surface area contributed by atoms with Crippen LogP contribution in [0.25, 0.3) is 0 Å². The highest BCUT2D eigenvalue weighted by molar-refractivity contribution is 5.79. The first-order valence-corrected chi connectivity index (χ1v) is 6.62. The summed E-state index contributed by atoms with van der Waals surface area (Å²) in [6, 6.07) is 3.61. The van der Waals surface area contributed by atoms with Crippen LogP contribution in [-0.2, 0) is 9.59 Å². The quantitative estimate of drug-likeness (QED) is 0.359. The van der Waals surface area contributed by atoms with Gasteiger partial charge in [-0.3, -0.25) is 19.7 Å². The lowest BCUT2D eigenvalue weighted by Gasteiger charge is -2.15. The van der Waals surface area contributed by atoms with Crippen molar-refractivity contribution in [3.8, 4) is 5.75 Å². The van der Waals surface area contributed by atoms with Crippen LogP contribution in [0.5, 0.6) is 5.75 Å². The number of aliphatic carboxylic acids is 1. The Morgan fingerprint density at radius 1 is 1.38 bits per heavy atom. The third-order valence-corrected chi connectivity index (χ3v) is 2.96. The number of rotatable bonds is 7. The number of benzene rings is 1. The van der Waals surface area contributed by atoms with Gasteiger partial charge in [0.25, 0.3) is 5.69 Å². The topological polar surface area (TPSA) is 107 Å². The van der Waals surface area contributed by atoms with Crippen LogP contribution >= 0.6 is 0 Å². The molecule has 0 saturated heterocycles. The van der Waals surface area contributed by atoms with E-state index in [0.717, 1.165) is 6.07 Å². The molecule has 0 aliphatic rings. The van der Waals surface area contributed by atoms with Gasteiger partial charge in [0.2, 0.25) is 0 Å². The Hall–Kier alpha value is -2.44. The number of carboxylic acid groups (broad SMARTS) is 1. The maximum absolute atomic E-state index is 11.6. The van der Waals surface area contributed by atoms with Gasteiger partial charge in [0.05, 0.1) is 10.8 Å². The molecule has 0 aliphatic carbocycles. The molecule has 0 aliphatic heterocycles. The zero-order valence-electron chi connectivity index (χ0n) is 11.9. The Balaban J connectivity index is 3.25. The number of carboxylic acids is 1. The molecule has 0 fully saturated rings. The van der Waals surface area contributed by atoms with E-state index < -0.39 is 22.8 Å². The second-order valence-corrected chi connectivity index (χ2v) is 4.50. The zero-order valence-corrected chi connectivity index (χ0v) is 11.9. The number of carbonyl (C=O) groups excluding carboxylic acids is 1. The SMILES string of the molecule is CCCC(=O)Oc1ccc([N+](=O)[O-])cc1C(CC)C(=O)O. The summed E-state index contributed by atoms with van der Waals surface area (Å²) in [5.41, 5.74) is -0.0938. The fourth-order valence-corrected chi connectivity index (χ4v) is 1.92. The summed E-state index contributed by atoms with van der Waals surface area (Å²) < 4.78 is 5.13. The van der Waals surface area contributed by atoms with Gasteiger partial charge >= 0.3 is 11.9 Å². The second-order valence-electron chi connectivity index (χ2n) is 4.50. The summed E-state index contributed by atoms with van der Waals surface area (Å²) in [7, 11) is 0. The Morgan fingerprint density at radius 3 is 2.52 bits per heavy atom. The molecule has 0 spiro atoms. The molecular weight excluding hydrogens is 278 g/mol. The molecule has 0 radical (unpaired) electrons. The molecule has 1 aromatic carbocycles. The number of hydrogen-bond donors (Lipinski definition) is 1. The monoisotopic (exact) mass is 295 g/mol. The molecule has 7 nitrogen and oxygen atoms in total. The van der Waals surface area contributed by atoms with Crippen molar-refractivity contribution < 1.29 is 24.4 Å². The molecule has 114 valence electrons. The Bertz CT molecular complexity index is 554. The molecule has 1 unspecified atom stereocenters. The molecular formula is C14H17NO6. The number of nitrogens with zero attached hydrogens (tertiary/aromatic N) is 1. The predicted molar refractivity (Wildman–Crippen MR) is 74.3 cm³/mol. The summed E-state index contributed by atoms with van der Waals surface area (Å²) in [4.78, 5) is 33.0. The number of nitro benzene ring substituents is 1. The standard InChI is InChI=1S/C14H17NO6/c1-3-5-13(16)21-12-7-6-9(15(19)20)8-11(12)10(4-2)14(17)18/h6-8,10H,3-5H2,1-2H3,(H,17,18). The maximum atomic E-state index is 11.6. The van der Waals surface area contributed by atoms with E-state index in [1.807, 2.05) is 6.92 Å². The van der Waals surface area contributed by atoms with Crippen molar-refractivity contribution in [1.82, 2.24) is 0 Å². The highest BCUT2D eigenvalue weighted by Crippen LogP contribution is 2.33. The molecule has 0 heterocycles.